The first-order chi connectivity index (χ1) is 10.1. The van der Waals surface area contributed by atoms with Crippen LogP contribution in [-0.2, 0) is 4.74 Å². The summed E-state index contributed by atoms with van der Waals surface area (Å²) in [5.41, 5.74) is 5.56. The second-order valence-electron chi connectivity index (χ2n) is 5.64. The number of nitrogens with one attached hydrogen (secondary N) is 1. The first-order valence-corrected chi connectivity index (χ1v) is 7.26. The highest BCUT2D eigenvalue weighted by Gasteiger charge is 2.24. The first kappa shape index (κ1) is 15.7. The molecular formula is C13H23N5O3. The molecule has 0 bridgehead atoms. The number of nitrogen functional groups attached to an aromatic ring is 1. The number of hydrogen-bond acceptors (Lipinski definition) is 7. The van der Waals surface area contributed by atoms with Crippen molar-refractivity contribution in [3.63, 3.8) is 0 Å². The number of nitrogens with two attached hydrogens (primary N) is 1. The summed E-state index contributed by atoms with van der Waals surface area (Å²) in [6, 6.07) is 0.277. The molecule has 0 saturated carbocycles. The van der Waals surface area contributed by atoms with E-state index in [-0.39, 0.29) is 23.5 Å². The summed E-state index contributed by atoms with van der Waals surface area (Å²) in [5.74, 6) is 0.212. The molecule has 0 aliphatic carbocycles. The number of aromatic nitrogens is 2. The molecule has 1 aliphatic rings. The Bertz CT molecular complexity index is 456. The van der Waals surface area contributed by atoms with Crippen LogP contribution in [0.5, 0.6) is 0 Å². The molecule has 21 heavy (non-hydrogen) atoms. The predicted molar refractivity (Wildman–Crippen MR) is 76.7 cm³/mol. The maximum atomic E-state index is 12.0. The first-order valence-electron chi connectivity index (χ1n) is 7.26. The summed E-state index contributed by atoms with van der Waals surface area (Å²) in [5, 5.41) is 9.78. The van der Waals surface area contributed by atoms with Crippen LogP contribution in [0, 0.1) is 5.92 Å². The Hall–Kier alpha value is -1.67. The highest BCUT2D eigenvalue weighted by molar-refractivity contribution is 5.95. The lowest BCUT2D eigenvalue weighted by atomic mass is 10.0. The van der Waals surface area contributed by atoms with Crippen molar-refractivity contribution in [3.05, 3.63) is 5.69 Å². The average molecular weight is 297 g/mol. The Morgan fingerprint density at radius 3 is 2.67 bits per heavy atom. The van der Waals surface area contributed by atoms with Gasteiger partial charge in [-0.15, -0.1) is 0 Å². The third-order valence-corrected chi connectivity index (χ3v) is 3.53. The van der Waals surface area contributed by atoms with Gasteiger partial charge in [-0.2, -0.15) is 0 Å². The summed E-state index contributed by atoms with van der Waals surface area (Å²) in [6.45, 7) is 8.15. The molecule has 1 amide bonds. The van der Waals surface area contributed by atoms with Gasteiger partial charge >= 0.3 is 0 Å². The van der Waals surface area contributed by atoms with Gasteiger partial charge in [0.05, 0.1) is 13.2 Å². The molecule has 2 rings (SSSR count). The van der Waals surface area contributed by atoms with Crippen LogP contribution >= 0.6 is 0 Å². The van der Waals surface area contributed by atoms with Crippen molar-refractivity contribution in [2.45, 2.75) is 26.3 Å². The summed E-state index contributed by atoms with van der Waals surface area (Å²) in [7, 11) is 0. The molecule has 1 aromatic heterocycles. The molecule has 1 atom stereocenters. The number of anilines is 1. The smallest absolute Gasteiger partial charge is 0.277 e. The standard InChI is InChI=1S/C13H23N5O3/c1-9(2)7-10(18-3-5-20-6-4-18)8-15-13(19)11-12(14)17-21-16-11/h9-10H,3-8H2,1-2H3,(H2,14,17)(H,15,19). The molecule has 3 N–H and O–H groups in total. The van der Waals surface area contributed by atoms with Crippen molar-refractivity contribution >= 4 is 11.7 Å². The second kappa shape index (κ2) is 7.37. The van der Waals surface area contributed by atoms with Crippen LogP contribution in [0.2, 0.25) is 0 Å². The Kier molecular flexibility index (Phi) is 5.51. The lowest BCUT2D eigenvalue weighted by Crippen LogP contribution is -2.49. The molecule has 0 radical (unpaired) electrons. The Morgan fingerprint density at radius 1 is 1.38 bits per heavy atom. The number of hydrogen-bond donors (Lipinski definition) is 2. The van der Waals surface area contributed by atoms with E-state index in [9.17, 15) is 4.79 Å². The van der Waals surface area contributed by atoms with Crippen molar-refractivity contribution in [2.75, 3.05) is 38.6 Å². The maximum Gasteiger partial charge on any atom is 0.277 e. The van der Waals surface area contributed by atoms with E-state index in [1.54, 1.807) is 0 Å². The van der Waals surface area contributed by atoms with Crippen LogP contribution < -0.4 is 11.1 Å². The summed E-state index contributed by atoms with van der Waals surface area (Å²) >= 11 is 0. The van der Waals surface area contributed by atoms with Gasteiger partial charge < -0.3 is 15.8 Å². The Labute approximate surface area is 124 Å². The molecule has 0 spiro atoms. The van der Waals surface area contributed by atoms with E-state index < -0.39 is 0 Å². The van der Waals surface area contributed by atoms with Crippen LogP contribution in [0.3, 0.4) is 0 Å². The molecule has 1 unspecified atom stereocenters. The van der Waals surface area contributed by atoms with Crippen LogP contribution in [0.25, 0.3) is 0 Å². The van der Waals surface area contributed by atoms with E-state index in [1.807, 2.05) is 0 Å². The Morgan fingerprint density at radius 2 is 2.10 bits per heavy atom. The van der Waals surface area contributed by atoms with Crippen molar-refractivity contribution in [1.29, 1.82) is 0 Å². The lowest BCUT2D eigenvalue weighted by molar-refractivity contribution is 0.0124. The van der Waals surface area contributed by atoms with Gasteiger partial charge in [0.25, 0.3) is 5.91 Å². The minimum Gasteiger partial charge on any atom is -0.379 e. The predicted octanol–water partition coefficient (Wildman–Crippen LogP) is 0.129. The zero-order valence-corrected chi connectivity index (χ0v) is 12.5. The molecular weight excluding hydrogens is 274 g/mol. The molecule has 0 aromatic carbocycles. The lowest BCUT2D eigenvalue weighted by Gasteiger charge is -2.35. The number of nitrogens with zero attached hydrogens (tertiary/aromatic N) is 3. The van der Waals surface area contributed by atoms with Crippen LogP contribution in [0.1, 0.15) is 30.8 Å². The van der Waals surface area contributed by atoms with Crippen LogP contribution in [0.4, 0.5) is 5.82 Å². The quantitative estimate of drug-likeness (QED) is 0.768. The van der Waals surface area contributed by atoms with Gasteiger partial charge in [0.1, 0.15) is 0 Å². The minimum absolute atomic E-state index is 0.0132. The highest BCUT2D eigenvalue weighted by Crippen LogP contribution is 2.13. The number of morpholine rings is 1. The number of carbonyl (C=O) groups excluding carboxylic acids is 1. The van der Waals surface area contributed by atoms with E-state index in [0.29, 0.717) is 12.5 Å². The van der Waals surface area contributed by atoms with Gasteiger partial charge in [0, 0.05) is 25.7 Å². The van der Waals surface area contributed by atoms with Crippen molar-refractivity contribution in [1.82, 2.24) is 20.5 Å². The fraction of sp³-hybridized carbons (Fsp3) is 0.769. The van der Waals surface area contributed by atoms with E-state index >= 15 is 0 Å². The normalized spacial score (nSPS) is 17.9. The van der Waals surface area contributed by atoms with Gasteiger partial charge in [-0.1, -0.05) is 13.8 Å². The van der Waals surface area contributed by atoms with Crippen molar-refractivity contribution < 1.29 is 14.2 Å². The molecule has 1 aromatic rings. The fourth-order valence-corrected chi connectivity index (χ4v) is 2.50. The Balaban J connectivity index is 1.92. The maximum absolute atomic E-state index is 12.0. The third kappa shape index (κ3) is 4.40. The molecule has 8 nitrogen and oxygen atoms in total. The average Bonchev–Trinajstić information content (AvgIpc) is 2.90. The molecule has 8 heteroatoms. The van der Waals surface area contributed by atoms with E-state index in [4.69, 9.17) is 10.5 Å². The van der Waals surface area contributed by atoms with Gasteiger partial charge in [-0.05, 0) is 22.7 Å². The van der Waals surface area contributed by atoms with Crippen molar-refractivity contribution in [3.8, 4) is 0 Å². The fourth-order valence-electron chi connectivity index (χ4n) is 2.50. The number of carbonyl (C=O) groups is 1. The minimum atomic E-state index is -0.351. The summed E-state index contributed by atoms with van der Waals surface area (Å²) in [6.07, 6.45) is 1.01. The molecule has 1 aliphatic heterocycles. The highest BCUT2D eigenvalue weighted by atomic mass is 16.6. The summed E-state index contributed by atoms with van der Waals surface area (Å²) in [4.78, 5) is 14.4. The molecule has 118 valence electrons. The zero-order valence-electron chi connectivity index (χ0n) is 12.5. The van der Waals surface area contributed by atoms with Crippen molar-refractivity contribution in [2.24, 2.45) is 5.92 Å². The molecule has 2 heterocycles. The SMILES string of the molecule is CC(C)CC(CNC(=O)c1nonc1N)N1CCOCC1. The largest absolute Gasteiger partial charge is 0.379 e. The topological polar surface area (TPSA) is 107 Å². The van der Waals surface area contributed by atoms with E-state index in [0.717, 1.165) is 32.7 Å². The van der Waals surface area contributed by atoms with E-state index in [2.05, 4.69) is 39.0 Å². The van der Waals surface area contributed by atoms with Gasteiger partial charge in [-0.3, -0.25) is 9.69 Å². The second-order valence-corrected chi connectivity index (χ2v) is 5.64. The summed E-state index contributed by atoms with van der Waals surface area (Å²) < 4.78 is 9.82. The third-order valence-electron chi connectivity index (χ3n) is 3.53. The monoisotopic (exact) mass is 297 g/mol. The molecule has 1 fully saturated rings. The molecule has 1 saturated heterocycles. The zero-order chi connectivity index (χ0) is 15.2. The number of rotatable bonds is 6. The van der Waals surface area contributed by atoms with Gasteiger partial charge in [-0.25, -0.2) is 4.63 Å². The van der Waals surface area contributed by atoms with Crippen LogP contribution in [-0.4, -0.2) is 60.0 Å². The van der Waals surface area contributed by atoms with E-state index in [1.165, 1.54) is 0 Å². The number of ether oxygens (including phenoxy) is 1. The van der Waals surface area contributed by atoms with Gasteiger partial charge in [0.2, 0.25) is 11.5 Å². The van der Waals surface area contributed by atoms with Gasteiger partial charge in [0.15, 0.2) is 0 Å². The number of amides is 1. The van der Waals surface area contributed by atoms with Crippen LogP contribution in [0.15, 0.2) is 4.63 Å².